The highest BCUT2D eigenvalue weighted by Crippen LogP contribution is 2.13. The number of anilines is 1. The van der Waals surface area contributed by atoms with Crippen LogP contribution in [0, 0.1) is 11.6 Å². The lowest BCUT2D eigenvalue weighted by Crippen LogP contribution is -2.19. The predicted octanol–water partition coefficient (Wildman–Crippen LogP) is 2.33. The lowest BCUT2D eigenvalue weighted by molar-refractivity contribution is 0.0958. The van der Waals surface area contributed by atoms with Gasteiger partial charge in [-0.15, -0.1) is 0 Å². The SMILES string of the molecule is CNC(=O)c1cc(NCc2ccc(F)cc2F)ccn1. The highest BCUT2D eigenvalue weighted by Gasteiger charge is 2.07. The number of pyridine rings is 1. The molecule has 4 nitrogen and oxygen atoms in total. The molecule has 0 aliphatic carbocycles. The van der Waals surface area contributed by atoms with Crippen molar-refractivity contribution in [3.63, 3.8) is 0 Å². The van der Waals surface area contributed by atoms with Gasteiger partial charge >= 0.3 is 0 Å². The number of aromatic nitrogens is 1. The number of carbonyl (C=O) groups excluding carboxylic acids is 1. The van der Waals surface area contributed by atoms with E-state index in [0.29, 0.717) is 11.3 Å². The van der Waals surface area contributed by atoms with E-state index in [9.17, 15) is 13.6 Å². The average Bonchev–Trinajstić information content (AvgIpc) is 2.46. The van der Waals surface area contributed by atoms with E-state index in [1.807, 2.05) is 0 Å². The first-order valence-corrected chi connectivity index (χ1v) is 5.96. The molecule has 2 N–H and O–H groups in total. The summed E-state index contributed by atoms with van der Waals surface area (Å²) in [7, 11) is 1.51. The summed E-state index contributed by atoms with van der Waals surface area (Å²) in [4.78, 5) is 15.3. The second-order valence-corrected chi connectivity index (χ2v) is 4.10. The number of hydrogen-bond acceptors (Lipinski definition) is 3. The van der Waals surface area contributed by atoms with Gasteiger partial charge in [-0.25, -0.2) is 8.78 Å². The molecule has 0 aliphatic heterocycles. The quantitative estimate of drug-likeness (QED) is 0.902. The van der Waals surface area contributed by atoms with Gasteiger partial charge in [0.1, 0.15) is 17.3 Å². The van der Waals surface area contributed by atoms with Crippen LogP contribution in [0.4, 0.5) is 14.5 Å². The highest BCUT2D eigenvalue weighted by molar-refractivity contribution is 5.92. The molecule has 1 amide bonds. The summed E-state index contributed by atoms with van der Waals surface area (Å²) >= 11 is 0. The smallest absolute Gasteiger partial charge is 0.269 e. The molecule has 1 aromatic carbocycles. The molecule has 0 saturated carbocycles. The van der Waals surface area contributed by atoms with Gasteiger partial charge in [0.25, 0.3) is 5.91 Å². The maximum Gasteiger partial charge on any atom is 0.269 e. The summed E-state index contributed by atoms with van der Waals surface area (Å²) in [6.07, 6.45) is 1.48. The van der Waals surface area contributed by atoms with Crippen LogP contribution in [-0.2, 0) is 6.54 Å². The van der Waals surface area contributed by atoms with Gasteiger partial charge in [0.15, 0.2) is 0 Å². The van der Waals surface area contributed by atoms with Crippen molar-refractivity contribution in [2.45, 2.75) is 6.54 Å². The fourth-order valence-corrected chi connectivity index (χ4v) is 1.66. The summed E-state index contributed by atoms with van der Waals surface area (Å²) in [6, 6.07) is 6.62. The monoisotopic (exact) mass is 277 g/mol. The first-order chi connectivity index (χ1) is 9.60. The molecule has 0 aliphatic rings. The minimum Gasteiger partial charge on any atom is -0.381 e. The van der Waals surface area contributed by atoms with E-state index >= 15 is 0 Å². The number of halogens is 2. The Balaban J connectivity index is 2.09. The van der Waals surface area contributed by atoms with Crippen LogP contribution in [0.15, 0.2) is 36.5 Å². The van der Waals surface area contributed by atoms with Crippen molar-refractivity contribution in [2.24, 2.45) is 0 Å². The summed E-state index contributed by atoms with van der Waals surface area (Å²) in [5.41, 5.74) is 1.23. The Morgan fingerprint density at radius 2 is 2.05 bits per heavy atom. The first-order valence-electron chi connectivity index (χ1n) is 5.96. The van der Waals surface area contributed by atoms with Gasteiger partial charge < -0.3 is 10.6 Å². The van der Waals surface area contributed by atoms with Gasteiger partial charge in [-0.1, -0.05) is 6.07 Å². The van der Waals surface area contributed by atoms with E-state index in [2.05, 4.69) is 15.6 Å². The number of nitrogens with one attached hydrogen (secondary N) is 2. The third-order valence-corrected chi connectivity index (χ3v) is 2.72. The van der Waals surface area contributed by atoms with Gasteiger partial charge in [-0.3, -0.25) is 9.78 Å². The molecule has 2 rings (SSSR count). The third kappa shape index (κ3) is 3.28. The van der Waals surface area contributed by atoms with Crippen molar-refractivity contribution in [3.05, 3.63) is 59.4 Å². The summed E-state index contributed by atoms with van der Waals surface area (Å²) in [5, 5.41) is 5.42. The lowest BCUT2D eigenvalue weighted by Gasteiger charge is -2.08. The number of nitrogens with zero attached hydrogens (tertiary/aromatic N) is 1. The zero-order chi connectivity index (χ0) is 14.5. The molecular formula is C14H13F2N3O. The average molecular weight is 277 g/mol. The first kappa shape index (κ1) is 13.9. The van der Waals surface area contributed by atoms with E-state index in [1.54, 1.807) is 12.1 Å². The second-order valence-electron chi connectivity index (χ2n) is 4.10. The van der Waals surface area contributed by atoms with Crippen molar-refractivity contribution in [3.8, 4) is 0 Å². The number of amides is 1. The molecule has 1 aromatic heterocycles. The van der Waals surface area contributed by atoms with Gasteiger partial charge in [0.05, 0.1) is 0 Å². The van der Waals surface area contributed by atoms with Crippen LogP contribution in [0.3, 0.4) is 0 Å². The largest absolute Gasteiger partial charge is 0.381 e. The maximum absolute atomic E-state index is 13.5. The molecule has 0 spiro atoms. The van der Waals surface area contributed by atoms with Gasteiger partial charge in [0, 0.05) is 37.1 Å². The van der Waals surface area contributed by atoms with Gasteiger partial charge in [-0.05, 0) is 18.2 Å². The van der Waals surface area contributed by atoms with Crippen LogP contribution in [0.1, 0.15) is 16.1 Å². The van der Waals surface area contributed by atoms with Crippen LogP contribution in [0.5, 0.6) is 0 Å². The minimum absolute atomic E-state index is 0.184. The Morgan fingerprint density at radius 1 is 1.25 bits per heavy atom. The van der Waals surface area contributed by atoms with Gasteiger partial charge in [-0.2, -0.15) is 0 Å². The fraction of sp³-hybridized carbons (Fsp3) is 0.143. The Labute approximate surface area is 114 Å². The third-order valence-electron chi connectivity index (χ3n) is 2.72. The zero-order valence-corrected chi connectivity index (χ0v) is 10.8. The predicted molar refractivity (Wildman–Crippen MR) is 71.3 cm³/mol. The summed E-state index contributed by atoms with van der Waals surface area (Å²) in [6.45, 7) is 0.184. The minimum atomic E-state index is -0.614. The molecule has 1 heterocycles. The van der Waals surface area contributed by atoms with Crippen molar-refractivity contribution in [2.75, 3.05) is 12.4 Å². The van der Waals surface area contributed by atoms with E-state index in [4.69, 9.17) is 0 Å². The second kappa shape index (κ2) is 6.10. The Kier molecular flexibility index (Phi) is 4.24. The lowest BCUT2D eigenvalue weighted by atomic mass is 10.2. The van der Waals surface area contributed by atoms with Crippen LogP contribution in [0.25, 0.3) is 0 Å². The van der Waals surface area contributed by atoms with Crippen molar-refractivity contribution in [1.82, 2.24) is 10.3 Å². The van der Waals surface area contributed by atoms with E-state index in [0.717, 1.165) is 6.07 Å². The summed E-state index contributed by atoms with van der Waals surface area (Å²) < 4.78 is 26.2. The van der Waals surface area contributed by atoms with Crippen LogP contribution < -0.4 is 10.6 Å². The Morgan fingerprint density at radius 3 is 2.75 bits per heavy atom. The van der Waals surface area contributed by atoms with Crippen molar-refractivity contribution in [1.29, 1.82) is 0 Å². The standard InChI is InChI=1S/C14H13F2N3O/c1-17-14(20)13-7-11(4-5-18-13)19-8-9-2-3-10(15)6-12(9)16/h2-7H,8H2,1H3,(H,17,20)(H,18,19). The summed E-state index contributed by atoms with van der Waals surface area (Å²) in [5.74, 6) is -1.53. The number of rotatable bonds is 4. The molecule has 0 radical (unpaired) electrons. The molecule has 2 aromatic rings. The Hall–Kier alpha value is -2.50. The molecule has 0 unspecified atom stereocenters. The molecule has 0 atom stereocenters. The maximum atomic E-state index is 13.5. The van der Waals surface area contributed by atoms with E-state index in [-0.39, 0.29) is 18.1 Å². The fourth-order valence-electron chi connectivity index (χ4n) is 1.66. The molecular weight excluding hydrogens is 264 g/mol. The zero-order valence-electron chi connectivity index (χ0n) is 10.8. The molecule has 6 heteroatoms. The molecule has 20 heavy (non-hydrogen) atoms. The topological polar surface area (TPSA) is 54.0 Å². The van der Waals surface area contributed by atoms with Crippen LogP contribution in [0.2, 0.25) is 0 Å². The molecule has 0 saturated heterocycles. The normalized spacial score (nSPS) is 10.2. The Bertz CT molecular complexity index is 632. The molecule has 104 valence electrons. The van der Waals surface area contributed by atoms with Crippen molar-refractivity contribution < 1.29 is 13.6 Å². The molecule has 0 fully saturated rings. The number of carbonyl (C=O) groups is 1. The van der Waals surface area contributed by atoms with Crippen molar-refractivity contribution >= 4 is 11.6 Å². The van der Waals surface area contributed by atoms with Gasteiger partial charge in [0.2, 0.25) is 0 Å². The number of benzene rings is 1. The van der Waals surface area contributed by atoms with Crippen LogP contribution >= 0.6 is 0 Å². The highest BCUT2D eigenvalue weighted by atomic mass is 19.1. The van der Waals surface area contributed by atoms with Crippen LogP contribution in [-0.4, -0.2) is 17.9 Å². The van der Waals surface area contributed by atoms with E-state index in [1.165, 1.54) is 25.4 Å². The number of hydrogen-bond donors (Lipinski definition) is 2. The molecule has 0 bridgehead atoms. The van der Waals surface area contributed by atoms with E-state index < -0.39 is 11.6 Å².